The zero-order valence-electron chi connectivity index (χ0n) is 11.5. The highest BCUT2D eigenvalue weighted by Crippen LogP contribution is 2.25. The molecule has 21 heavy (non-hydrogen) atoms. The maximum absolute atomic E-state index is 9.30. The number of ether oxygens (including phenoxy) is 1. The summed E-state index contributed by atoms with van der Waals surface area (Å²) in [7, 11) is 1.62. The molecule has 102 valence electrons. The molecule has 4 nitrogen and oxygen atoms in total. The Morgan fingerprint density at radius 3 is 2.76 bits per heavy atom. The fourth-order valence-corrected chi connectivity index (χ4v) is 2.13. The van der Waals surface area contributed by atoms with Gasteiger partial charge in [0.1, 0.15) is 17.6 Å². The predicted molar refractivity (Wildman–Crippen MR) is 82.7 cm³/mol. The Labute approximate surface area is 122 Å². The van der Waals surface area contributed by atoms with Crippen LogP contribution in [0.15, 0.2) is 54.6 Å². The molecule has 3 aromatic rings. The van der Waals surface area contributed by atoms with E-state index < -0.39 is 0 Å². The van der Waals surface area contributed by atoms with Gasteiger partial charge in [0.15, 0.2) is 0 Å². The van der Waals surface area contributed by atoms with Crippen molar-refractivity contribution in [2.45, 2.75) is 0 Å². The molecule has 0 bridgehead atoms. The van der Waals surface area contributed by atoms with E-state index in [4.69, 9.17) is 4.74 Å². The van der Waals surface area contributed by atoms with Crippen LogP contribution < -0.4 is 10.1 Å². The number of hydrogen-bond acceptors (Lipinski definition) is 4. The number of anilines is 2. The van der Waals surface area contributed by atoms with Gasteiger partial charge in [-0.05, 0) is 24.3 Å². The maximum Gasteiger partial charge on any atom is 0.149 e. The molecular formula is C17H13N3O. The van der Waals surface area contributed by atoms with Crippen molar-refractivity contribution in [3.63, 3.8) is 0 Å². The van der Waals surface area contributed by atoms with Crippen LogP contribution in [0.25, 0.3) is 10.9 Å². The van der Waals surface area contributed by atoms with Gasteiger partial charge in [0.05, 0.1) is 18.2 Å². The second-order valence-corrected chi connectivity index (χ2v) is 4.55. The Hall–Kier alpha value is -3.06. The number of nitrogens with zero attached hydrogens (tertiary/aromatic N) is 2. The fourth-order valence-electron chi connectivity index (χ4n) is 2.13. The first-order chi connectivity index (χ1) is 10.3. The molecule has 0 aliphatic rings. The average Bonchev–Trinajstić information content (AvgIpc) is 2.54. The van der Waals surface area contributed by atoms with Gasteiger partial charge < -0.3 is 10.1 Å². The largest absolute Gasteiger partial charge is 0.497 e. The Kier molecular flexibility index (Phi) is 3.40. The van der Waals surface area contributed by atoms with E-state index in [1.807, 2.05) is 54.6 Å². The summed E-state index contributed by atoms with van der Waals surface area (Å²) in [6.45, 7) is 0. The average molecular weight is 275 g/mol. The minimum Gasteiger partial charge on any atom is -0.497 e. The zero-order chi connectivity index (χ0) is 14.7. The van der Waals surface area contributed by atoms with E-state index in [0.717, 1.165) is 22.3 Å². The van der Waals surface area contributed by atoms with Gasteiger partial charge in [-0.25, -0.2) is 4.98 Å². The summed E-state index contributed by atoms with van der Waals surface area (Å²) >= 11 is 0. The lowest BCUT2D eigenvalue weighted by molar-refractivity contribution is 0.415. The molecule has 0 aliphatic carbocycles. The highest BCUT2D eigenvalue weighted by Gasteiger charge is 2.07. The fraction of sp³-hybridized carbons (Fsp3) is 0.0588. The highest BCUT2D eigenvalue weighted by atomic mass is 16.5. The van der Waals surface area contributed by atoms with Gasteiger partial charge in [-0.3, -0.25) is 0 Å². The number of methoxy groups -OCH3 is 1. The van der Waals surface area contributed by atoms with Crippen LogP contribution in [-0.4, -0.2) is 12.1 Å². The molecule has 4 heteroatoms. The summed E-state index contributed by atoms with van der Waals surface area (Å²) < 4.78 is 5.19. The van der Waals surface area contributed by atoms with Crippen molar-refractivity contribution in [3.8, 4) is 11.8 Å². The molecule has 0 aliphatic heterocycles. The van der Waals surface area contributed by atoms with E-state index in [1.54, 1.807) is 7.11 Å². The van der Waals surface area contributed by atoms with Crippen LogP contribution in [0.5, 0.6) is 5.75 Å². The van der Waals surface area contributed by atoms with Crippen molar-refractivity contribution >= 4 is 22.4 Å². The van der Waals surface area contributed by atoms with Gasteiger partial charge in [0, 0.05) is 17.1 Å². The number of benzene rings is 2. The molecule has 0 unspecified atom stereocenters. The molecule has 1 N–H and O–H groups in total. The van der Waals surface area contributed by atoms with Crippen molar-refractivity contribution in [2.24, 2.45) is 0 Å². The lowest BCUT2D eigenvalue weighted by Crippen LogP contribution is -1.98. The van der Waals surface area contributed by atoms with Crippen molar-refractivity contribution < 1.29 is 4.74 Å². The van der Waals surface area contributed by atoms with Crippen molar-refractivity contribution in [1.29, 1.82) is 5.26 Å². The smallest absolute Gasteiger partial charge is 0.149 e. The minimum absolute atomic E-state index is 0.511. The Bertz CT molecular complexity index is 837. The number of fused-ring (bicyclic) bond motifs is 1. The zero-order valence-corrected chi connectivity index (χ0v) is 11.5. The molecule has 3 rings (SSSR count). The first-order valence-electron chi connectivity index (χ1n) is 6.51. The number of rotatable bonds is 3. The molecule has 0 fully saturated rings. The molecule has 0 spiro atoms. The summed E-state index contributed by atoms with van der Waals surface area (Å²) in [5.74, 6) is 1.30. The second kappa shape index (κ2) is 5.51. The summed E-state index contributed by atoms with van der Waals surface area (Å²) in [4.78, 5) is 4.52. The quantitative estimate of drug-likeness (QED) is 0.788. The summed E-state index contributed by atoms with van der Waals surface area (Å²) in [6, 6.07) is 19.3. The van der Waals surface area contributed by atoms with Gasteiger partial charge in [-0.1, -0.05) is 24.3 Å². The van der Waals surface area contributed by atoms with E-state index in [9.17, 15) is 5.26 Å². The monoisotopic (exact) mass is 275 g/mol. The molecule has 0 atom stereocenters. The van der Waals surface area contributed by atoms with Crippen LogP contribution in [0.2, 0.25) is 0 Å². The van der Waals surface area contributed by atoms with Crippen molar-refractivity contribution in [3.05, 3.63) is 60.2 Å². The molecule has 2 aromatic carbocycles. The Morgan fingerprint density at radius 1 is 1.10 bits per heavy atom. The molecule has 0 radical (unpaired) electrons. The van der Waals surface area contributed by atoms with Crippen LogP contribution in [0.1, 0.15) is 5.56 Å². The number of pyridine rings is 1. The highest BCUT2D eigenvalue weighted by molar-refractivity contribution is 5.83. The van der Waals surface area contributed by atoms with Crippen LogP contribution in [-0.2, 0) is 0 Å². The van der Waals surface area contributed by atoms with E-state index in [1.165, 1.54) is 0 Å². The summed E-state index contributed by atoms with van der Waals surface area (Å²) in [6.07, 6.45) is 0. The Morgan fingerprint density at radius 2 is 1.95 bits per heavy atom. The second-order valence-electron chi connectivity index (χ2n) is 4.55. The van der Waals surface area contributed by atoms with Gasteiger partial charge in [-0.2, -0.15) is 5.26 Å². The van der Waals surface area contributed by atoms with E-state index in [-0.39, 0.29) is 0 Å². The first kappa shape index (κ1) is 12.9. The summed E-state index contributed by atoms with van der Waals surface area (Å²) in [5.41, 5.74) is 2.19. The van der Waals surface area contributed by atoms with Crippen LogP contribution in [0, 0.1) is 11.3 Å². The SMILES string of the molecule is COc1cccc(Nc2nc3ccccc3cc2C#N)c1. The van der Waals surface area contributed by atoms with E-state index in [0.29, 0.717) is 11.4 Å². The van der Waals surface area contributed by atoms with E-state index >= 15 is 0 Å². The molecule has 1 aromatic heterocycles. The van der Waals surface area contributed by atoms with Gasteiger partial charge in [0.25, 0.3) is 0 Å². The van der Waals surface area contributed by atoms with E-state index in [2.05, 4.69) is 16.4 Å². The third-order valence-electron chi connectivity index (χ3n) is 3.18. The number of aromatic nitrogens is 1. The van der Waals surface area contributed by atoms with Crippen LogP contribution in [0.3, 0.4) is 0 Å². The maximum atomic E-state index is 9.30. The van der Waals surface area contributed by atoms with Crippen molar-refractivity contribution in [2.75, 3.05) is 12.4 Å². The number of nitriles is 1. The number of hydrogen-bond donors (Lipinski definition) is 1. The normalized spacial score (nSPS) is 10.1. The molecular weight excluding hydrogens is 262 g/mol. The topological polar surface area (TPSA) is 57.9 Å². The Balaban J connectivity index is 2.04. The predicted octanol–water partition coefficient (Wildman–Crippen LogP) is 3.86. The minimum atomic E-state index is 0.511. The number of para-hydroxylation sites is 1. The lowest BCUT2D eigenvalue weighted by atomic mass is 10.1. The van der Waals surface area contributed by atoms with Crippen molar-refractivity contribution in [1.82, 2.24) is 4.98 Å². The molecule has 0 saturated heterocycles. The van der Waals surface area contributed by atoms with Gasteiger partial charge >= 0.3 is 0 Å². The van der Waals surface area contributed by atoms with Crippen LogP contribution >= 0.6 is 0 Å². The van der Waals surface area contributed by atoms with Gasteiger partial charge in [0.2, 0.25) is 0 Å². The first-order valence-corrected chi connectivity index (χ1v) is 6.51. The lowest BCUT2D eigenvalue weighted by Gasteiger charge is -2.10. The molecule has 1 heterocycles. The van der Waals surface area contributed by atoms with Gasteiger partial charge in [-0.15, -0.1) is 0 Å². The third-order valence-corrected chi connectivity index (χ3v) is 3.18. The summed E-state index contributed by atoms with van der Waals surface area (Å²) in [5, 5.41) is 13.4. The van der Waals surface area contributed by atoms with Crippen LogP contribution in [0.4, 0.5) is 11.5 Å². The third kappa shape index (κ3) is 2.63. The number of nitrogens with one attached hydrogen (secondary N) is 1. The molecule has 0 amide bonds. The molecule has 0 saturated carbocycles. The standard InChI is InChI=1S/C17H13N3O/c1-21-15-7-4-6-14(10-15)19-17-13(11-18)9-12-5-2-3-8-16(12)20-17/h2-10H,1H3,(H,19,20).